The number of rotatable bonds is 7. The van der Waals surface area contributed by atoms with Crippen molar-refractivity contribution in [2.24, 2.45) is 0 Å². The standard InChI is InChI=1S/C18H22FNS/c1-3-16(21-17-13-9-8-12-15(17)19)18(20-4-2)14-10-6-5-7-11-14/h5-13,16,18,20H,3-4H2,1-2H3. The van der Waals surface area contributed by atoms with Crippen LogP contribution in [0.15, 0.2) is 59.5 Å². The molecule has 1 N–H and O–H groups in total. The van der Waals surface area contributed by atoms with E-state index in [0.29, 0.717) is 5.25 Å². The highest BCUT2D eigenvalue weighted by Gasteiger charge is 2.22. The molecule has 0 heterocycles. The Morgan fingerprint density at radius 2 is 1.67 bits per heavy atom. The highest BCUT2D eigenvalue weighted by atomic mass is 32.2. The molecule has 112 valence electrons. The number of benzene rings is 2. The Balaban J connectivity index is 2.22. The molecule has 1 nitrogen and oxygen atoms in total. The second-order valence-corrected chi connectivity index (χ2v) is 6.22. The van der Waals surface area contributed by atoms with E-state index in [-0.39, 0.29) is 11.9 Å². The number of thioether (sulfide) groups is 1. The molecule has 0 saturated carbocycles. The first-order chi connectivity index (χ1) is 10.3. The SMILES string of the molecule is CCNC(c1ccccc1)C(CC)Sc1ccccc1F. The zero-order chi connectivity index (χ0) is 15.1. The molecule has 0 fully saturated rings. The van der Waals surface area contributed by atoms with Crippen molar-refractivity contribution in [1.82, 2.24) is 5.32 Å². The Morgan fingerprint density at radius 3 is 2.29 bits per heavy atom. The molecule has 2 aromatic carbocycles. The van der Waals surface area contributed by atoms with Gasteiger partial charge in [0.25, 0.3) is 0 Å². The maximum atomic E-state index is 13.9. The minimum Gasteiger partial charge on any atom is -0.309 e. The maximum Gasteiger partial charge on any atom is 0.136 e. The van der Waals surface area contributed by atoms with Crippen molar-refractivity contribution in [3.63, 3.8) is 0 Å². The van der Waals surface area contributed by atoms with Crippen LogP contribution in [0.3, 0.4) is 0 Å². The summed E-state index contributed by atoms with van der Waals surface area (Å²) in [5.74, 6) is -0.135. The summed E-state index contributed by atoms with van der Waals surface area (Å²) in [6.07, 6.45) is 0.978. The van der Waals surface area contributed by atoms with Gasteiger partial charge in [0.05, 0.1) is 0 Å². The molecule has 0 aliphatic rings. The van der Waals surface area contributed by atoms with E-state index in [2.05, 4.69) is 43.4 Å². The van der Waals surface area contributed by atoms with Gasteiger partial charge in [-0.3, -0.25) is 0 Å². The molecule has 0 aliphatic heterocycles. The van der Waals surface area contributed by atoms with E-state index in [1.165, 1.54) is 11.6 Å². The molecule has 0 aromatic heterocycles. The molecule has 2 aromatic rings. The van der Waals surface area contributed by atoms with Gasteiger partial charge in [-0.2, -0.15) is 0 Å². The third kappa shape index (κ3) is 4.32. The van der Waals surface area contributed by atoms with Crippen molar-refractivity contribution < 1.29 is 4.39 Å². The Bertz CT molecular complexity index is 544. The zero-order valence-corrected chi connectivity index (χ0v) is 13.4. The molecule has 0 amide bonds. The van der Waals surface area contributed by atoms with Crippen LogP contribution < -0.4 is 5.32 Å². The van der Waals surface area contributed by atoms with Crippen molar-refractivity contribution in [3.8, 4) is 0 Å². The molecule has 21 heavy (non-hydrogen) atoms. The summed E-state index contributed by atoms with van der Waals surface area (Å²) < 4.78 is 13.9. The van der Waals surface area contributed by atoms with Crippen LogP contribution in [0.1, 0.15) is 31.9 Å². The van der Waals surface area contributed by atoms with Gasteiger partial charge < -0.3 is 5.32 Å². The maximum absolute atomic E-state index is 13.9. The molecule has 0 radical (unpaired) electrons. The Kier molecular flexibility index (Phi) is 6.27. The van der Waals surface area contributed by atoms with Crippen LogP contribution >= 0.6 is 11.8 Å². The quantitative estimate of drug-likeness (QED) is 0.719. The van der Waals surface area contributed by atoms with Crippen molar-refractivity contribution in [2.45, 2.75) is 36.5 Å². The summed E-state index contributed by atoms with van der Waals surface area (Å²) in [5, 5.41) is 3.84. The Labute approximate surface area is 131 Å². The zero-order valence-electron chi connectivity index (χ0n) is 12.6. The summed E-state index contributed by atoms with van der Waals surface area (Å²) in [4.78, 5) is 0.725. The minimum atomic E-state index is -0.135. The molecule has 3 heteroatoms. The fourth-order valence-corrected chi connectivity index (χ4v) is 3.65. The second kappa shape index (κ2) is 8.20. The molecule has 2 rings (SSSR count). The summed E-state index contributed by atoms with van der Waals surface area (Å²) in [6.45, 7) is 5.16. The van der Waals surface area contributed by atoms with Gasteiger partial charge in [-0.1, -0.05) is 56.3 Å². The molecule has 2 atom stereocenters. The van der Waals surface area contributed by atoms with E-state index < -0.39 is 0 Å². The molecule has 0 aliphatic carbocycles. The number of hydrogen-bond donors (Lipinski definition) is 1. The van der Waals surface area contributed by atoms with Crippen LogP contribution in [0.2, 0.25) is 0 Å². The van der Waals surface area contributed by atoms with E-state index in [9.17, 15) is 4.39 Å². The van der Waals surface area contributed by atoms with Gasteiger partial charge in [0, 0.05) is 16.2 Å². The highest BCUT2D eigenvalue weighted by Crippen LogP contribution is 2.35. The first-order valence-electron chi connectivity index (χ1n) is 7.45. The van der Waals surface area contributed by atoms with Crippen LogP contribution in [0.4, 0.5) is 4.39 Å². The lowest BCUT2D eigenvalue weighted by atomic mass is 10.0. The molecule has 0 bridgehead atoms. The molecular weight excluding hydrogens is 281 g/mol. The second-order valence-electron chi connectivity index (χ2n) is 4.94. The van der Waals surface area contributed by atoms with Gasteiger partial charge in [-0.25, -0.2) is 4.39 Å². The Morgan fingerprint density at radius 1 is 1.00 bits per heavy atom. The molecule has 0 saturated heterocycles. The largest absolute Gasteiger partial charge is 0.309 e. The predicted octanol–water partition coefficient (Wildman–Crippen LogP) is 5.05. The van der Waals surface area contributed by atoms with Crippen LogP contribution in [0.5, 0.6) is 0 Å². The monoisotopic (exact) mass is 303 g/mol. The number of halogens is 1. The normalized spacial score (nSPS) is 13.9. The van der Waals surface area contributed by atoms with Crippen molar-refractivity contribution in [2.75, 3.05) is 6.54 Å². The van der Waals surface area contributed by atoms with Crippen LogP contribution in [-0.2, 0) is 0 Å². The van der Waals surface area contributed by atoms with Gasteiger partial charge >= 0.3 is 0 Å². The first kappa shape index (κ1) is 16.1. The topological polar surface area (TPSA) is 12.0 Å². The van der Waals surface area contributed by atoms with E-state index in [0.717, 1.165) is 17.9 Å². The number of nitrogens with one attached hydrogen (secondary N) is 1. The van der Waals surface area contributed by atoms with E-state index in [4.69, 9.17) is 0 Å². The van der Waals surface area contributed by atoms with Gasteiger partial charge in [-0.15, -0.1) is 11.8 Å². The van der Waals surface area contributed by atoms with Crippen molar-refractivity contribution >= 4 is 11.8 Å². The predicted molar refractivity (Wildman–Crippen MR) is 89.2 cm³/mol. The Hall–Kier alpha value is -1.32. The van der Waals surface area contributed by atoms with E-state index >= 15 is 0 Å². The minimum absolute atomic E-state index is 0.135. The summed E-state index contributed by atoms with van der Waals surface area (Å²) >= 11 is 1.62. The average Bonchev–Trinajstić information content (AvgIpc) is 2.53. The molecule has 2 unspecified atom stereocenters. The van der Waals surface area contributed by atoms with Gasteiger partial charge in [0.1, 0.15) is 5.82 Å². The van der Waals surface area contributed by atoms with Crippen LogP contribution in [0.25, 0.3) is 0 Å². The lowest BCUT2D eigenvalue weighted by Crippen LogP contribution is -2.29. The molecule has 0 spiro atoms. The van der Waals surface area contributed by atoms with E-state index in [1.54, 1.807) is 17.8 Å². The summed E-state index contributed by atoms with van der Waals surface area (Å²) in [7, 11) is 0. The summed E-state index contributed by atoms with van der Waals surface area (Å²) in [5.41, 5.74) is 1.26. The first-order valence-corrected chi connectivity index (χ1v) is 8.33. The van der Waals surface area contributed by atoms with Gasteiger partial charge in [0.15, 0.2) is 0 Å². The average molecular weight is 303 g/mol. The molecular formula is C18H22FNS. The van der Waals surface area contributed by atoms with E-state index in [1.807, 2.05) is 18.2 Å². The van der Waals surface area contributed by atoms with Crippen molar-refractivity contribution in [1.29, 1.82) is 0 Å². The third-order valence-electron chi connectivity index (χ3n) is 3.47. The van der Waals surface area contributed by atoms with Gasteiger partial charge in [-0.05, 0) is 30.7 Å². The third-order valence-corrected chi connectivity index (χ3v) is 4.97. The lowest BCUT2D eigenvalue weighted by Gasteiger charge is -2.27. The summed E-state index contributed by atoms with van der Waals surface area (Å²) in [6, 6.07) is 17.7. The van der Waals surface area contributed by atoms with Crippen LogP contribution in [-0.4, -0.2) is 11.8 Å². The number of hydrogen-bond acceptors (Lipinski definition) is 2. The lowest BCUT2D eigenvalue weighted by molar-refractivity contribution is 0.520. The fourth-order valence-electron chi connectivity index (χ4n) is 2.43. The fraction of sp³-hybridized carbons (Fsp3) is 0.333. The van der Waals surface area contributed by atoms with Gasteiger partial charge in [0.2, 0.25) is 0 Å². The van der Waals surface area contributed by atoms with Crippen molar-refractivity contribution in [3.05, 3.63) is 66.0 Å². The van der Waals surface area contributed by atoms with Crippen LogP contribution in [0, 0.1) is 5.82 Å². The highest BCUT2D eigenvalue weighted by molar-refractivity contribution is 8.00. The smallest absolute Gasteiger partial charge is 0.136 e.